The molecule has 2 nitrogen and oxygen atoms in total. The second-order valence-corrected chi connectivity index (χ2v) is 4.26. The van der Waals surface area contributed by atoms with E-state index in [2.05, 4.69) is 4.98 Å². The summed E-state index contributed by atoms with van der Waals surface area (Å²) in [6, 6.07) is 4.65. The highest BCUT2D eigenvalue weighted by Crippen LogP contribution is 2.28. The third-order valence-electron chi connectivity index (χ3n) is 2.91. The van der Waals surface area contributed by atoms with Crippen molar-refractivity contribution in [3.05, 3.63) is 30.1 Å². The predicted octanol–water partition coefficient (Wildman–Crippen LogP) is 2.66. The van der Waals surface area contributed by atoms with Crippen LogP contribution in [0.2, 0.25) is 0 Å². The average molecular weight is 226 g/mol. The van der Waals surface area contributed by atoms with Gasteiger partial charge >= 0.3 is 5.92 Å². The second kappa shape index (κ2) is 4.87. The molecule has 0 saturated carbocycles. The summed E-state index contributed by atoms with van der Waals surface area (Å²) in [6.07, 6.45) is 4.63. The molecule has 1 aromatic rings. The third-order valence-corrected chi connectivity index (χ3v) is 2.91. The first-order valence-electron chi connectivity index (χ1n) is 5.70. The van der Waals surface area contributed by atoms with Gasteiger partial charge in [0.25, 0.3) is 0 Å². The van der Waals surface area contributed by atoms with Gasteiger partial charge in [-0.3, -0.25) is 9.88 Å². The van der Waals surface area contributed by atoms with E-state index in [9.17, 15) is 8.78 Å². The molecule has 0 spiro atoms. The van der Waals surface area contributed by atoms with Gasteiger partial charge < -0.3 is 0 Å². The van der Waals surface area contributed by atoms with Gasteiger partial charge in [0.15, 0.2) is 0 Å². The van der Waals surface area contributed by atoms with E-state index < -0.39 is 5.92 Å². The van der Waals surface area contributed by atoms with Crippen LogP contribution in [0.1, 0.15) is 25.0 Å². The van der Waals surface area contributed by atoms with Gasteiger partial charge in [-0.05, 0) is 38.1 Å². The molecule has 16 heavy (non-hydrogen) atoms. The van der Waals surface area contributed by atoms with Crippen molar-refractivity contribution >= 4 is 0 Å². The Bertz CT molecular complexity index is 321. The molecule has 0 aliphatic carbocycles. The molecule has 1 saturated heterocycles. The fourth-order valence-corrected chi connectivity index (χ4v) is 2.06. The molecule has 0 atom stereocenters. The van der Waals surface area contributed by atoms with Crippen LogP contribution in [0.4, 0.5) is 8.78 Å². The number of rotatable bonds is 3. The first kappa shape index (κ1) is 11.5. The van der Waals surface area contributed by atoms with E-state index in [1.807, 2.05) is 4.90 Å². The van der Waals surface area contributed by atoms with Crippen molar-refractivity contribution in [1.82, 2.24) is 9.88 Å². The number of hydrogen-bond acceptors (Lipinski definition) is 2. The first-order chi connectivity index (χ1) is 7.68. The maximum Gasteiger partial charge on any atom is 0.302 e. The minimum Gasteiger partial charge on any atom is -0.297 e. The van der Waals surface area contributed by atoms with Gasteiger partial charge in [-0.25, -0.2) is 0 Å². The second-order valence-electron chi connectivity index (χ2n) is 4.26. The van der Waals surface area contributed by atoms with E-state index in [-0.39, 0.29) is 12.2 Å². The lowest BCUT2D eigenvalue weighted by Crippen LogP contribution is -2.38. The number of pyridine rings is 1. The number of nitrogens with zero attached hydrogens (tertiary/aromatic N) is 2. The molecule has 0 bridgehead atoms. The maximum absolute atomic E-state index is 13.8. The summed E-state index contributed by atoms with van der Waals surface area (Å²) in [5.74, 6) is -2.83. The monoisotopic (exact) mass is 226 g/mol. The lowest BCUT2D eigenvalue weighted by molar-refractivity contribution is -0.0452. The minimum atomic E-state index is -2.83. The van der Waals surface area contributed by atoms with Crippen molar-refractivity contribution < 1.29 is 8.78 Å². The number of alkyl halides is 2. The molecule has 1 aliphatic heterocycles. The van der Waals surface area contributed by atoms with Crippen molar-refractivity contribution in [2.75, 3.05) is 19.6 Å². The molecule has 2 heterocycles. The van der Waals surface area contributed by atoms with E-state index in [0.717, 1.165) is 32.4 Å². The van der Waals surface area contributed by atoms with Gasteiger partial charge in [-0.15, -0.1) is 0 Å². The quantitative estimate of drug-likeness (QED) is 0.787. The zero-order valence-corrected chi connectivity index (χ0v) is 9.20. The Morgan fingerprint density at radius 3 is 2.56 bits per heavy atom. The van der Waals surface area contributed by atoms with Gasteiger partial charge in [0.05, 0.1) is 6.54 Å². The summed E-state index contributed by atoms with van der Waals surface area (Å²) < 4.78 is 27.7. The lowest BCUT2D eigenvalue weighted by Gasteiger charge is -2.29. The predicted molar refractivity (Wildman–Crippen MR) is 58.4 cm³/mol. The summed E-state index contributed by atoms with van der Waals surface area (Å²) in [6.45, 7) is 1.36. The maximum atomic E-state index is 13.8. The topological polar surface area (TPSA) is 16.1 Å². The zero-order valence-electron chi connectivity index (χ0n) is 9.20. The molecule has 1 fully saturated rings. The van der Waals surface area contributed by atoms with E-state index >= 15 is 0 Å². The van der Waals surface area contributed by atoms with Crippen molar-refractivity contribution in [3.63, 3.8) is 0 Å². The van der Waals surface area contributed by atoms with Gasteiger partial charge in [-0.2, -0.15) is 8.78 Å². The van der Waals surface area contributed by atoms with E-state index in [1.165, 1.54) is 12.3 Å². The van der Waals surface area contributed by atoms with Crippen molar-refractivity contribution in [2.24, 2.45) is 0 Å². The minimum absolute atomic E-state index is 0.124. The summed E-state index contributed by atoms with van der Waals surface area (Å²) in [4.78, 5) is 5.57. The van der Waals surface area contributed by atoms with Gasteiger partial charge in [0.1, 0.15) is 5.69 Å². The van der Waals surface area contributed by atoms with Crippen LogP contribution in [0.15, 0.2) is 24.4 Å². The summed E-state index contributed by atoms with van der Waals surface area (Å²) in [5.41, 5.74) is -0.124. The third kappa shape index (κ3) is 2.76. The average Bonchev–Trinajstić information content (AvgIpc) is 2.31. The van der Waals surface area contributed by atoms with E-state index in [4.69, 9.17) is 0 Å². The Morgan fingerprint density at radius 1 is 1.19 bits per heavy atom. The smallest absolute Gasteiger partial charge is 0.297 e. The SMILES string of the molecule is FC(F)(CN1CCCCC1)c1ccccn1. The molecule has 0 N–H and O–H groups in total. The Labute approximate surface area is 94.3 Å². The summed E-state index contributed by atoms with van der Waals surface area (Å²) in [7, 11) is 0. The molecule has 1 aliphatic rings. The van der Waals surface area contributed by atoms with Crippen LogP contribution in [-0.2, 0) is 5.92 Å². The first-order valence-corrected chi connectivity index (χ1v) is 5.70. The van der Waals surface area contributed by atoms with Crippen LogP contribution in [0.3, 0.4) is 0 Å². The normalized spacial score (nSPS) is 18.6. The van der Waals surface area contributed by atoms with Crippen molar-refractivity contribution in [3.8, 4) is 0 Å². The summed E-state index contributed by atoms with van der Waals surface area (Å²) in [5, 5.41) is 0. The fourth-order valence-electron chi connectivity index (χ4n) is 2.06. The highest BCUT2D eigenvalue weighted by Gasteiger charge is 2.35. The Morgan fingerprint density at radius 2 is 1.94 bits per heavy atom. The largest absolute Gasteiger partial charge is 0.302 e. The van der Waals surface area contributed by atoms with Gasteiger partial charge in [-0.1, -0.05) is 12.5 Å². The van der Waals surface area contributed by atoms with E-state index in [1.54, 1.807) is 12.1 Å². The molecule has 1 aromatic heterocycles. The number of likely N-dealkylation sites (tertiary alicyclic amines) is 1. The molecule has 88 valence electrons. The molecule has 2 rings (SSSR count). The standard InChI is InChI=1S/C12H16F2N2/c13-12(14,11-6-2-3-7-15-11)10-16-8-4-1-5-9-16/h2-3,6-7H,1,4-5,8-10H2. The Balaban J connectivity index is 2.01. The van der Waals surface area contributed by atoms with Crippen LogP contribution in [0.25, 0.3) is 0 Å². The Kier molecular flexibility index (Phi) is 3.49. The molecule has 0 aromatic carbocycles. The zero-order chi connectivity index (χ0) is 11.4. The van der Waals surface area contributed by atoms with Crippen molar-refractivity contribution in [2.45, 2.75) is 25.2 Å². The highest BCUT2D eigenvalue weighted by atomic mass is 19.3. The fraction of sp³-hybridized carbons (Fsp3) is 0.583. The van der Waals surface area contributed by atoms with Crippen LogP contribution in [0, 0.1) is 0 Å². The van der Waals surface area contributed by atoms with Gasteiger partial charge in [0.2, 0.25) is 0 Å². The van der Waals surface area contributed by atoms with Crippen LogP contribution in [0.5, 0.6) is 0 Å². The molecule has 0 amide bonds. The van der Waals surface area contributed by atoms with Crippen LogP contribution >= 0.6 is 0 Å². The molecule has 4 heteroatoms. The Hall–Kier alpha value is -1.03. The molecule has 0 radical (unpaired) electrons. The number of aromatic nitrogens is 1. The number of hydrogen-bond donors (Lipinski definition) is 0. The van der Waals surface area contributed by atoms with Crippen molar-refractivity contribution in [1.29, 1.82) is 0 Å². The molecular weight excluding hydrogens is 210 g/mol. The highest BCUT2D eigenvalue weighted by molar-refractivity contribution is 5.10. The van der Waals surface area contributed by atoms with Crippen LogP contribution < -0.4 is 0 Å². The number of piperidine rings is 1. The van der Waals surface area contributed by atoms with Crippen LogP contribution in [-0.4, -0.2) is 29.5 Å². The van der Waals surface area contributed by atoms with E-state index in [0.29, 0.717) is 0 Å². The summed E-state index contributed by atoms with van der Waals surface area (Å²) >= 11 is 0. The molecule has 0 unspecified atom stereocenters. The lowest BCUT2D eigenvalue weighted by atomic mass is 10.1. The number of halogens is 2. The molecular formula is C12H16F2N2. The van der Waals surface area contributed by atoms with Gasteiger partial charge in [0, 0.05) is 6.20 Å².